The van der Waals surface area contributed by atoms with Crippen molar-refractivity contribution in [2.45, 2.75) is 0 Å². The number of benzene rings is 2. The van der Waals surface area contributed by atoms with E-state index in [1.165, 1.54) is 0 Å². The first kappa shape index (κ1) is 29.4. The van der Waals surface area contributed by atoms with Crippen molar-refractivity contribution in [1.82, 2.24) is 0 Å². The predicted octanol–water partition coefficient (Wildman–Crippen LogP) is 4.57. The number of hydrogen-bond acceptors (Lipinski definition) is 9. The second-order valence-electron chi connectivity index (χ2n) is 7.08. The summed E-state index contributed by atoms with van der Waals surface area (Å²) in [7, 11) is 0. The average Bonchev–Trinajstić information content (AvgIpc) is 2.93. The van der Waals surface area contributed by atoms with Gasteiger partial charge in [-0.1, -0.05) is 10.2 Å². The zero-order chi connectivity index (χ0) is 26.2. The molecule has 0 fully saturated rings. The molecule has 0 heterocycles. The van der Waals surface area contributed by atoms with Crippen LogP contribution in [0.4, 0.5) is 0 Å². The van der Waals surface area contributed by atoms with Gasteiger partial charge >= 0.3 is 0 Å². The normalized spacial score (nSPS) is 10.2. The van der Waals surface area contributed by atoms with Gasteiger partial charge in [0, 0.05) is 9.82 Å². The van der Waals surface area contributed by atoms with E-state index in [1.54, 1.807) is 48.5 Å². The van der Waals surface area contributed by atoms with Crippen molar-refractivity contribution in [2.75, 3.05) is 79.2 Å². The van der Waals surface area contributed by atoms with Crippen LogP contribution in [0.3, 0.4) is 0 Å². The highest BCUT2D eigenvalue weighted by atomic mass is 16.6. The number of ether oxygens (including phenoxy) is 7. The highest BCUT2D eigenvalue weighted by Gasteiger charge is 1.99. The Kier molecular flexibility index (Phi) is 16.1. The Morgan fingerprint density at radius 2 is 0.703 bits per heavy atom. The van der Waals surface area contributed by atoms with Gasteiger partial charge in [-0.15, -0.1) is 0 Å². The van der Waals surface area contributed by atoms with E-state index in [2.05, 4.69) is 20.1 Å². The van der Waals surface area contributed by atoms with Gasteiger partial charge in [-0.2, -0.15) is 0 Å². The molecule has 0 saturated carbocycles. The van der Waals surface area contributed by atoms with Gasteiger partial charge in [0.1, 0.15) is 36.2 Å². The summed E-state index contributed by atoms with van der Waals surface area (Å²) in [5, 5.41) is 6.82. The van der Waals surface area contributed by atoms with E-state index in [0.29, 0.717) is 89.1 Å². The summed E-state index contributed by atoms with van der Waals surface area (Å²) in [6, 6.07) is 14.4. The van der Waals surface area contributed by atoms with Gasteiger partial charge in [0.25, 0.3) is 0 Å². The Balaban J connectivity index is 1.36. The lowest BCUT2D eigenvalue weighted by Crippen LogP contribution is -2.14. The van der Waals surface area contributed by atoms with E-state index in [-0.39, 0.29) is 13.1 Å². The minimum Gasteiger partial charge on any atom is -0.493 e. The Morgan fingerprint density at radius 1 is 0.432 bits per heavy atom. The molecule has 2 aromatic carbocycles. The number of rotatable bonds is 22. The Bertz CT molecular complexity index is 872. The standard InChI is InChI=1S/C24H32N6O7/c25-29-27-9-11-34-21-1-5-23(6-2-21)36-19-17-32-15-13-31-14-16-33-18-20-37-24-7-3-22(4-8-24)35-12-10-28-30-26/h1-8H,9-20H2. The van der Waals surface area contributed by atoms with Crippen molar-refractivity contribution in [2.24, 2.45) is 10.2 Å². The zero-order valence-corrected chi connectivity index (χ0v) is 20.6. The molecule has 0 aromatic heterocycles. The first-order valence-electron chi connectivity index (χ1n) is 11.8. The Hall–Kier alpha value is -3.86. The summed E-state index contributed by atoms with van der Waals surface area (Å²) < 4.78 is 38.5. The minimum absolute atomic E-state index is 0.287. The average molecular weight is 517 g/mol. The maximum Gasteiger partial charge on any atom is 0.119 e. The van der Waals surface area contributed by atoms with Crippen LogP contribution in [0.1, 0.15) is 0 Å². The van der Waals surface area contributed by atoms with Gasteiger partial charge in [0.05, 0.1) is 65.9 Å². The lowest BCUT2D eigenvalue weighted by atomic mass is 10.3. The summed E-state index contributed by atoms with van der Waals surface area (Å²) in [5.74, 6) is 2.80. The fraction of sp³-hybridized carbons (Fsp3) is 0.500. The third-order valence-corrected chi connectivity index (χ3v) is 4.43. The van der Waals surface area contributed by atoms with Crippen LogP contribution < -0.4 is 18.9 Å². The molecule has 200 valence electrons. The molecule has 0 atom stereocenters. The van der Waals surface area contributed by atoms with Gasteiger partial charge in [0.15, 0.2) is 0 Å². The van der Waals surface area contributed by atoms with Gasteiger partial charge in [-0.05, 0) is 59.6 Å². The van der Waals surface area contributed by atoms with Crippen LogP contribution in [-0.2, 0) is 14.2 Å². The van der Waals surface area contributed by atoms with Crippen LogP contribution >= 0.6 is 0 Å². The first-order valence-corrected chi connectivity index (χ1v) is 11.8. The number of azide groups is 2. The monoisotopic (exact) mass is 516 g/mol. The van der Waals surface area contributed by atoms with Crippen LogP contribution in [0.2, 0.25) is 0 Å². The quantitative estimate of drug-likeness (QED) is 0.0957. The highest BCUT2D eigenvalue weighted by molar-refractivity contribution is 5.32. The van der Waals surface area contributed by atoms with Gasteiger partial charge in [-0.25, -0.2) is 0 Å². The summed E-state index contributed by atoms with van der Waals surface area (Å²) in [5.41, 5.74) is 16.4. The van der Waals surface area contributed by atoms with Gasteiger partial charge in [-0.3, -0.25) is 0 Å². The summed E-state index contributed by atoms with van der Waals surface area (Å²) >= 11 is 0. The third kappa shape index (κ3) is 15.0. The van der Waals surface area contributed by atoms with Crippen LogP contribution in [-0.4, -0.2) is 79.2 Å². The zero-order valence-electron chi connectivity index (χ0n) is 20.6. The molecule has 13 heteroatoms. The van der Waals surface area contributed by atoms with Crippen molar-refractivity contribution in [1.29, 1.82) is 0 Å². The largest absolute Gasteiger partial charge is 0.493 e. The summed E-state index contributed by atoms with van der Waals surface area (Å²) in [4.78, 5) is 5.34. The molecule has 2 aromatic rings. The molecule has 0 N–H and O–H groups in total. The van der Waals surface area contributed by atoms with E-state index in [1.807, 2.05) is 0 Å². The molecule has 0 amide bonds. The third-order valence-electron chi connectivity index (χ3n) is 4.43. The van der Waals surface area contributed by atoms with Crippen molar-refractivity contribution in [3.63, 3.8) is 0 Å². The molecular weight excluding hydrogens is 484 g/mol. The second kappa shape index (κ2) is 20.3. The molecule has 0 aliphatic carbocycles. The number of nitrogens with zero attached hydrogens (tertiary/aromatic N) is 6. The minimum atomic E-state index is 0.287. The molecule has 0 spiro atoms. The topological polar surface area (TPSA) is 162 Å². The van der Waals surface area contributed by atoms with Crippen molar-refractivity contribution in [3.8, 4) is 23.0 Å². The Morgan fingerprint density at radius 3 is 1.00 bits per heavy atom. The molecule has 0 unspecified atom stereocenters. The molecule has 2 rings (SSSR count). The summed E-state index contributed by atoms with van der Waals surface area (Å²) in [6.07, 6.45) is 0. The SMILES string of the molecule is [N-]=[N+]=NCCOc1ccc(OCCOCCOCCOCCOc2ccc(OCCN=[N+]=[N-])cc2)cc1. The second-order valence-corrected chi connectivity index (χ2v) is 7.08. The molecule has 13 nitrogen and oxygen atoms in total. The lowest BCUT2D eigenvalue weighted by molar-refractivity contribution is 0.00498. The lowest BCUT2D eigenvalue weighted by Gasteiger charge is -2.10. The molecule has 0 radical (unpaired) electrons. The van der Waals surface area contributed by atoms with Gasteiger partial charge < -0.3 is 33.2 Å². The fourth-order valence-electron chi connectivity index (χ4n) is 2.74. The maximum absolute atomic E-state index is 8.22. The van der Waals surface area contributed by atoms with Crippen LogP contribution in [0.5, 0.6) is 23.0 Å². The van der Waals surface area contributed by atoms with E-state index < -0.39 is 0 Å². The van der Waals surface area contributed by atoms with E-state index >= 15 is 0 Å². The van der Waals surface area contributed by atoms with Crippen molar-refractivity contribution < 1.29 is 33.2 Å². The van der Waals surface area contributed by atoms with Crippen molar-refractivity contribution >= 4 is 0 Å². The van der Waals surface area contributed by atoms with Crippen LogP contribution in [0.25, 0.3) is 20.9 Å². The fourth-order valence-corrected chi connectivity index (χ4v) is 2.74. The van der Waals surface area contributed by atoms with E-state index in [0.717, 1.165) is 0 Å². The van der Waals surface area contributed by atoms with E-state index in [4.69, 9.17) is 44.2 Å². The molecule has 0 bridgehead atoms. The van der Waals surface area contributed by atoms with Crippen LogP contribution in [0.15, 0.2) is 58.8 Å². The molecule has 0 aliphatic heterocycles. The van der Waals surface area contributed by atoms with E-state index in [9.17, 15) is 0 Å². The first-order chi connectivity index (χ1) is 18.3. The maximum atomic E-state index is 8.22. The van der Waals surface area contributed by atoms with Crippen LogP contribution in [0, 0.1) is 0 Å². The Labute approximate surface area is 215 Å². The molecule has 0 saturated heterocycles. The smallest absolute Gasteiger partial charge is 0.119 e. The molecule has 0 aliphatic rings. The molecule has 37 heavy (non-hydrogen) atoms. The van der Waals surface area contributed by atoms with Gasteiger partial charge in [0.2, 0.25) is 0 Å². The molecular formula is C24H32N6O7. The number of hydrogen-bond donors (Lipinski definition) is 0. The highest BCUT2D eigenvalue weighted by Crippen LogP contribution is 2.18. The summed E-state index contributed by atoms with van der Waals surface area (Å²) in [6.45, 7) is 4.86. The predicted molar refractivity (Wildman–Crippen MR) is 135 cm³/mol. The van der Waals surface area contributed by atoms with Crippen molar-refractivity contribution in [3.05, 3.63) is 69.4 Å².